The number of carbonyl (C=O) groups excluding carboxylic acids is 1. The number of alkyl halides is 2. The van der Waals surface area contributed by atoms with Crippen molar-refractivity contribution < 1.29 is 112 Å². The fourth-order valence-corrected chi connectivity index (χ4v) is 17.0. The van der Waals surface area contributed by atoms with Crippen LogP contribution >= 0.6 is 40.5 Å². The number of fused-ring (bicyclic) bond motifs is 10. The normalized spacial score (nSPS) is 35.9. The van der Waals surface area contributed by atoms with Gasteiger partial charge in [-0.1, -0.05) is 11.8 Å². The van der Waals surface area contributed by atoms with Gasteiger partial charge in [-0.2, -0.15) is 4.98 Å². The third-order valence-corrected chi connectivity index (χ3v) is 22.5. The molecule has 6 aliphatic heterocycles. The van der Waals surface area contributed by atoms with Gasteiger partial charge in [0.2, 0.25) is 5.95 Å². The van der Waals surface area contributed by atoms with Gasteiger partial charge in [-0.15, -0.1) is 0 Å². The van der Waals surface area contributed by atoms with Crippen LogP contribution in [0.15, 0.2) is 55.0 Å². The zero-order valence-electron chi connectivity index (χ0n) is 49.9. The number of phosphoric ester groups is 2. The molecule has 8 aromatic heterocycles. The number of ether oxygens (including phenoxy) is 5. The van der Waals surface area contributed by atoms with E-state index in [0.717, 1.165) is 23.5 Å². The Hall–Kier alpha value is -6.39. The van der Waals surface area contributed by atoms with E-state index in [9.17, 15) is 48.2 Å². The van der Waals surface area contributed by atoms with Crippen LogP contribution in [0.5, 0.6) is 0 Å². The number of halogens is 2. The Labute approximate surface area is 549 Å². The molecular weight excluding hydrogens is 1420 g/mol. The van der Waals surface area contributed by atoms with Crippen LogP contribution in [0.2, 0.25) is 0 Å². The van der Waals surface area contributed by atoms with Crippen molar-refractivity contribution in [2.45, 2.75) is 119 Å². The Kier molecular flexibility index (Phi) is 18.7. The molecule has 42 nitrogen and oxygen atoms in total. The van der Waals surface area contributed by atoms with E-state index in [1.165, 1.54) is 44.9 Å². The molecule has 20 atom stereocenters. The van der Waals surface area contributed by atoms with E-state index in [4.69, 9.17) is 94.6 Å². The van der Waals surface area contributed by atoms with Crippen LogP contribution < -0.4 is 33.4 Å². The van der Waals surface area contributed by atoms with Crippen molar-refractivity contribution in [1.82, 2.24) is 73.1 Å². The number of rotatable bonds is 7. The number of imidazole rings is 4. The minimum Gasteiger partial charge on any atom is -0.780 e. The van der Waals surface area contributed by atoms with Crippen LogP contribution in [0.1, 0.15) is 45.7 Å². The molecule has 50 heteroatoms. The first-order valence-electron chi connectivity index (χ1n) is 28.5. The fraction of sp³-hybridized carbons (Fsp3) is 0.532. The summed E-state index contributed by atoms with van der Waals surface area (Å²) in [7, 11) is -10.2. The molecule has 14 heterocycles. The number of nitrogens with zero attached hydrogens (tertiary/aromatic N) is 14. The minimum atomic E-state index is -5.15. The topological polar surface area (TPSA) is 578 Å². The summed E-state index contributed by atoms with van der Waals surface area (Å²) in [5, 5.41) is 22.5. The van der Waals surface area contributed by atoms with Gasteiger partial charge in [-0.05, 0) is 26.8 Å². The number of aromatic amines is 1. The Morgan fingerprint density at radius 2 is 1.09 bits per heavy atom. The molecule has 0 spiro atoms. The average molecular weight is 1480 g/mol. The number of esters is 1. The maximum atomic E-state index is 16.3. The van der Waals surface area contributed by atoms with Crippen molar-refractivity contribution in [3.8, 4) is 0 Å². The summed E-state index contributed by atoms with van der Waals surface area (Å²) in [5.74, 6) is -1.40. The first-order chi connectivity index (χ1) is 45.9. The molecule has 8 aromatic rings. The molecule has 8 unspecified atom stereocenters. The van der Waals surface area contributed by atoms with E-state index < -0.39 is 177 Å². The lowest BCUT2D eigenvalue weighted by atomic mass is 9.98. The van der Waals surface area contributed by atoms with Gasteiger partial charge in [0.05, 0.1) is 62.8 Å². The Morgan fingerprint density at radius 3 is 1.63 bits per heavy atom. The number of nitrogens with two attached hydrogens (primary N) is 4. The highest BCUT2D eigenvalue weighted by molar-refractivity contribution is 8.55. The summed E-state index contributed by atoms with van der Waals surface area (Å²) >= 11 is 5.52. The summed E-state index contributed by atoms with van der Waals surface area (Å²) in [6.07, 6.45) is -17.9. The summed E-state index contributed by atoms with van der Waals surface area (Å²) in [6, 6.07) is 1.49. The fourth-order valence-electron chi connectivity index (χ4n) is 10.9. The quantitative estimate of drug-likeness (QED) is 0.0591. The molecular formula is C47H56F2N19O23P4S2-. The third-order valence-electron chi connectivity index (χ3n) is 15.6. The van der Waals surface area contributed by atoms with Crippen molar-refractivity contribution >= 4 is 126 Å². The Bertz CT molecular complexity index is 4600. The lowest BCUT2D eigenvalue weighted by Crippen LogP contribution is -2.36. The van der Waals surface area contributed by atoms with E-state index in [1.54, 1.807) is 20.8 Å². The van der Waals surface area contributed by atoms with E-state index in [2.05, 4.69) is 54.8 Å². The van der Waals surface area contributed by atoms with Crippen LogP contribution in [0.4, 0.5) is 32.1 Å². The second kappa shape index (κ2) is 26.3. The molecule has 524 valence electrons. The highest BCUT2D eigenvalue weighted by Crippen LogP contribution is 2.64. The molecule has 97 heavy (non-hydrogen) atoms. The predicted molar refractivity (Wildman–Crippen MR) is 324 cm³/mol. The summed E-state index contributed by atoms with van der Waals surface area (Å²) in [5.41, 5.74) is 22.8. The SMILES string of the molecule is CC(C)(C)C(=O)OCSP1(=O)OC[C@H]2O[C@@H](n3cnc4c(N)ncnc43)C(F)[C@H]2OP(=O)(O)OC[C@H]2O[C@@H](n3cnc4c(N)ncnc43)[C@@H](O1)C2O.Nc1nc2c(ncn2[C@@H]2O[C@@H]3COP(=O)(O)O[C@@H]4C(F)[C@H](n5cnc6c(N)ccnc65)O[C@@H]4COP([O-])(=S)O[C@H]2C3O)c(=O)[nH]1. The number of nitrogen functional groups attached to an aromatic ring is 4. The summed E-state index contributed by atoms with van der Waals surface area (Å²) < 4.78 is 150. The second-order valence-electron chi connectivity index (χ2n) is 23.0. The molecule has 0 radical (unpaired) electrons. The number of H-pyrrole nitrogens is 1. The molecule has 4 bridgehead atoms. The van der Waals surface area contributed by atoms with Crippen molar-refractivity contribution in [3.05, 3.63) is 60.6 Å². The molecule has 6 aliphatic rings. The molecule has 0 aromatic carbocycles. The number of aliphatic hydroxyl groups excluding tert-OH is 2. The number of aliphatic hydroxyl groups is 2. The van der Waals surface area contributed by atoms with Crippen molar-refractivity contribution in [3.63, 3.8) is 0 Å². The van der Waals surface area contributed by atoms with Crippen LogP contribution in [-0.4, -0.2) is 205 Å². The van der Waals surface area contributed by atoms with Crippen LogP contribution in [0, 0.1) is 5.41 Å². The molecule has 6 saturated heterocycles. The predicted octanol–water partition coefficient (Wildman–Crippen LogP) is 0.355. The molecule has 13 N–H and O–H groups in total. The van der Waals surface area contributed by atoms with Crippen molar-refractivity contribution in [2.75, 3.05) is 55.3 Å². The van der Waals surface area contributed by atoms with Gasteiger partial charge >= 0.3 is 28.4 Å². The average Bonchev–Trinajstić information content (AvgIpc) is 1.63. The number of pyridine rings is 1. The van der Waals surface area contributed by atoms with Gasteiger partial charge < -0.3 is 80.6 Å². The van der Waals surface area contributed by atoms with Crippen molar-refractivity contribution in [2.24, 2.45) is 5.41 Å². The zero-order valence-corrected chi connectivity index (χ0v) is 55.1. The standard InChI is InChI=1S/C26H33FN10O12P2S.C21H24FN9O11P2S/c1-26(2,3)25(39)43-10-52-51(42)45-5-12-17(13(27)23(47-12)36-8-34-14-19(28)30-6-32-21(14)36)48-50(40,41)44-4-11-16(38)18(49-51)24(46-11)37-9-35-15-20(29)31-7-33-22(15)37;22-10-14-9(40-19(10)30-5-26-11-7(23)1-2-25-16(11)30)4-38-44(36,45)42-15-13(32)8(3-37-43(34,35)41-14)39-20(15)31-6-27-12-17(31)28-21(24)29-18(12)33/h6-9,11-13,16-18,23-24,38H,4-5,10H2,1-3H3,(H,40,41)(H2,28,30,32)(H2,29,31,33);1-2,5-6,8-10,13-15,19-20,32H,3-4H2,(H2,23,25)(H,34,35)(H,36,45)(H3,24,28,29,33)/p-1/t11-,12-,13?,16?,17+,18+,23-,24-,51?;8-,9-,10?,13?,14+,15+,19-,20-,44?/m11/s1. The number of anilines is 4. The minimum absolute atomic E-state index is 0.00627. The van der Waals surface area contributed by atoms with Gasteiger partial charge in [0, 0.05) is 17.6 Å². The van der Waals surface area contributed by atoms with E-state index >= 15 is 8.78 Å². The van der Waals surface area contributed by atoms with Gasteiger partial charge in [-0.3, -0.25) is 60.0 Å². The maximum Gasteiger partial charge on any atom is 0.472 e. The Morgan fingerprint density at radius 1 is 0.639 bits per heavy atom. The molecule has 14 rings (SSSR count). The largest absolute Gasteiger partial charge is 0.780 e. The third kappa shape index (κ3) is 13.6. The number of hydrogen-bond donors (Lipinski definition) is 9. The van der Waals surface area contributed by atoms with E-state index in [-0.39, 0.29) is 67.9 Å². The summed E-state index contributed by atoms with van der Waals surface area (Å²) in [6.45, 7) is -7.44. The number of aromatic nitrogens is 15. The lowest BCUT2D eigenvalue weighted by molar-refractivity contribution is -0.218. The second-order valence-corrected chi connectivity index (χ2v) is 32.5. The first kappa shape index (κ1) is 69.1. The molecule has 0 amide bonds. The van der Waals surface area contributed by atoms with Gasteiger partial charge in [0.1, 0.15) is 103 Å². The van der Waals surface area contributed by atoms with Gasteiger partial charge in [0.15, 0.2) is 77.0 Å². The number of carbonyl (C=O) groups is 1. The lowest BCUT2D eigenvalue weighted by Gasteiger charge is -2.34. The van der Waals surface area contributed by atoms with Crippen LogP contribution in [-0.2, 0) is 90.2 Å². The monoisotopic (exact) mass is 1480 g/mol. The van der Waals surface area contributed by atoms with Gasteiger partial charge in [-0.25, -0.2) is 67.3 Å². The molecule has 0 aliphatic carbocycles. The van der Waals surface area contributed by atoms with Crippen LogP contribution in [0.3, 0.4) is 0 Å². The zero-order chi connectivity index (χ0) is 69.0. The smallest absolute Gasteiger partial charge is 0.472 e. The summed E-state index contributed by atoms with van der Waals surface area (Å²) in [4.78, 5) is 103. The van der Waals surface area contributed by atoms with Gasteiger partial charge in [0.25, 0.3) is 5.56 Å². The van der Waals surface area contributed by atoms with E-state index in [0.29, 0.717) is 11.4 Å². The first-order valence-corrected chi connectivity index (χ1v) is 37.2. The molecule has 6 fully saturated rings. The number of nitrogens with one attached hydrogen (secondary N) is 1. The van der Waals surface area contributed by atoms with Crippen LogP contribution in [0.25, 0.3) is 44.7 Å². The Balaban J connectivity index is 0.000000177. The van der Waals surface area contributed by atoms with Crippen molar-refractivity contribution in [1.29, 1.82) is 0 Å². The highest BCUT2D eigenvalue weighted by Gasteiger charge is 2.57. The molecule has 0 saturated carbocycles. The highest BCUT2D eigenvalue weighted by atomic mass is 32.7. The van der Waals surface area contributed by atoms with E-state index in [1.807, 2.05) is 0 Å². The number of phosphoric acid groups is 2. The number of hydrogen-bond acceptors (Lipinski definition) is 37. The maximum absolute atomic E-state index is 16.3.